The Morgan fingerprint density at radius 1 is 0.909 bits per heavy atom. The Balaban J connectivity index is 1.83. The van der Waals surface area contributed by atoms with Gasteiger partial charge in [-0.2, -0.15) is 0 Å². The minimum Gasteiger partial charge on any atom is -0.494 e. The van der Waals surface area contributed by atoms with Gasteiger partial charge >= 0.3 is 0 Å². The van der Waals surface area contributed by atoms with Crippen LogP contribution in [0.1, 0.15) is 23.6 Å². The van der Waals surface area contributed by atoms with Crippen LogP contribution in [0.15, 0.2) is 66.4 Å². The molecule has 0 radical (unpaired) electrons. The van der Waals surface area contributed by atoms with Crippen LogP contribution in [0.4, 0.5) is 20.2 Å². The molecule has 168 valence electrons. The standard InChI is InChI=1S/C26H22F2N2O3/c1-4-33-19-9-6-17(7-10-19)23-24(29-21-11-5-15(2)13-16(21)3)26(32)30(25(23)31)22-12-8-18(27)14-20(22)28/h5-14,29H,4H2,1-3H3. The molecule has 4 rings (SSSR count). The molecule has 7 heteroatoms. The normalized spacial score (nSPS) is 13.7. The van der Waals surface area contributed by atoms with E-state index in [1.807, 2.05) is 39.0 Å². The average molecular weight is 448 g/mol. The van der Waals surface area contributed by atoms with Crippen molar-refractivity contribution >= 4 is 28.8 Å². The minimum atomic E-state index is -1.00. The zero-order chi connectivity index (χ0) is 23.7. The molecular formula is C26H22F2N2O3. The topological polar surface area (TPSA) is 58.6 Å². The number of halogens is 2. The number of aryl methyl sites for hydroxylation is 2. The largest absolute Gasteiger partial charge is 0.494 e. The fraction of sp³-hybridized carbons (Fsp3) is 0.154. The summed E-state index contributed by atoms with van der Waals surface area (Å²) in [5, 5.41) is 3.08. The molecule has 0 saturated heterocycles. The molecule has 33 heavy (non-hydrogen) atoms. The van der Waals surface area contributed by atoms with Crippen LogP contribution < -0.4 is 15.0 Å². The lowest BCUT2D eigenvalue weighted by atomic mass is 10.0. The van der Waals surface area contributed by atoms with E-state index in [4.69, 9.17) is 4.74 Å². The van der Waals surface area contributed by atoms with Gasteiger partial charge in [0, 0.05) is 11.8 Å². The molecule has 1 heterocycles. The van der Waals surface area contributed by atoms with E-state index >= 15 is 0 Å². The van der Waals surface area contributed by atoms with E-state index in [0.717, 1.165) is 28.2 Å². The minimum absolute atomic E-state index is 0.0137. The van der Waals surface area contributed by atoms with Gasteiger partial charge in [0.25, 0.3) is 11.8 Å². The molecule has 2 amide bonds. The number of ether oxygens (including phenoxy) is 1. The molecule has 0 spiro atoms. The van der Waals surface area contributed by atoms with Crippen molar-refractivity contribution in [2.45, 2.75) is 20.8 Å². The van der Waals surface area contributed by atoms with Crippen molar-refractivity contribution in [3.05, 3.63) is 94.7 Å². The van der Waals surface area contributed by atoms with Gasteiger partial charge in [-0.25, -0.2) is 13.7 Å². The summed E-state index contributed by atoms with van der Waals surface area (Å²) in [5.74, 6) is -2.63. The number of imide groups is 1. The van der Waals surface area contributed by atoms with Crippen LogP contribution >= 0.6 is 0 Å². The molecule has 0 aromatic heterocycles. The van der Waals surface area contributed by atoms with E-state index < -0.39 is 23.4 Å². The van der Waals surface area contributed by atoms with Crippen molar-refractivity contribution in [2.75, 3.05) is 16.8 Å². The SMILES string of the molecule is CCOc1ccc(C2=C(Nc3ccc(C)cc3C)C(=O)N(c3ccc(F)cc3F)C2=O)cc1. The first-order valence-corrected chi connectivity index (χ1v) is 10.5. The number of anilines is 2. The number of rotatable bonds is 6. The highest BCUT2D eigenvalue weighted by Gasteiger charge is 2.41. The summed E-state index contributed by atoms with van der Waals surface area (Å²) >= 11 is 0. The molecule has 0 aliphatic carbocycles. The summed E-state index contributed by atoms with van der Waals surface area (Å²) < 4.78 is 33.4. The summed E-state index contributed by atoms with van der Waals surface area (Å²) in [5.41, 5.74) is 2.82. The van der Waals surface area contributed by atoms with Crippen molar-refractivity contribution in [1.82, 2.24) is 0 Å². The van der Waals surface area contributed by atoms with Crippen LogP contribution in [0.5, 0.6) is 5.75 Å². The van der Waals surface area contributed by atoms with E-state index in [0.29, 0.717) is 29.7 Å². The van der Waals surface area contributed by atoms with Crippen molar-refractivity contribution in [2.24, 2.45) is 0 Å². The average Bonchev–Trinajstić information content (AvgIpc) is 3.01. The maximum absolute atomic E-state index is 14.5. The number of benzene rings is 3. The maximum Gasteiger partial charge on any atom is 0.282 e. The van der Waals surface area contributed by atoms with Gasteiger partial charge in [0.05, 0.1) is 17.9 Å². The fourth-order valence-electron chi connectivity index (χ4n) is 3.77. The molecule has 3 aromatic carbocycles. The van der Waals surface area contributed by atoms with Gasteiger partial charge in [-0.1, -0.05) is 29.8 Å². The predicted molar refractivity (Wildman–Crippen MR) is 123 cm³/mol. The number of hydrogen-bond donors (Lipinski definition) is 1. The smallest absolute Gasteiger partial charge is 0.282 e. The van der Waals surface area contributed by atoms with Crippen LogP contribution in [0, 0.1) is 25.5 Å². The number of hydrogen-bond acceptors (Lipinski definition) is 4. The lowest BCUT2D eigenvalue weighted by Gasteiger charge is -2.16. The summed E-state index contributed by atoms with van der Waals surface area (Å²) in [6.07, 6.45) is 0. The van der Waals surface area contributed by atoms with E-state index in [1.54, 1.807) is 24.3 Å². The van der Waals surface area contributed by atoms with E-state index in [9.17, 15) is 18.4 Å². The monoisotopic (exact) mass is 448 g/mol. The summed E-state index contributed by atoms with van der Waals surface area (Å²) in [6.45, 7) is 6.17. The molecule has 5 nitrogen and oxygen atoms in total. The Bertz CT molecular complexity index is 1280. The van der Waals surface area contributed by atoms with E-state index in [1.165, 1.54) is 0 Å². The van der Waals surface area contributed by atoms with Crippen LogP contribution in [0.25, 0.3) is 5.57 Å². The van der Waals surface area contributed by atoms with Crippen molar-refractivity contribution in [1.29, 1.82) is 0 Å². The van der Waals surface area contributed by atoms with Gasteiger partial charge in [-0.05, 0) is 62.2 Å². The van der Waals surface area contributed by atoms with Crippen LogP contribution in [0.3, 0.4) is 0 Å². The molecule has 0 unspecified atom stereocenters. The first-order valence-electron chi connectivity index (χ1n) is 10.5. The van der Waals surface area contributed by atoms with Crippen LogP contribution in [-0.2, 0) is 9.59 Å². The molecule has 1 aliphatic rings. The number of nitrogens with one attached hydrogen (secondary N) is 1. The van der Waals surface area contributed by atoms with Gasteiger partial charge < -0.3 is 10.1 Å². The van der Waals surface area contributed by atoms with Crippen molar-refractivity contribution < 1.29 is 23.1 Å². The Hall–Kier alpha value is -4.00. The quantitative estimate of drug-likeness (QED) is 0.515. The lowest BCUT2D eigenvalue weighted by molar-refractivity contribution is -0.120. The maximum atomic E-state index is 14.5. The molecule has 1 N–H and O–H groups in total. The first kappa shape index (κ1) is 22.2. The van der Waals surface area contributed by atoms with Crippen molar-refractivity contribution in [3.63, 3.8) is 0 Å². The summed E-state index contributed by atoms with van der Waals surface area (Å²) in [6, 6.07) is 15.1. The first-order chi connectivity index (χ1) is 15.8. The zero-order valence-electron chi connectivity index (χ0n) is 18.4. The van der Waals surface area contributed by atoms with Gasteiger partial charge in [-0.3, -0.25) is 9.59 Å². The molecule has 0 saturated carbocycles. The molecule has 0 bridgehead atoms. The number of amides is 2. The van der Waals surface area contributed by atoms with Gasteiger partial charge in [0.2, 0.25) is 0 Å². The number of nitrogens with zero attached hydrogens (tertiary/aromatic N) is 1. The Labute approximate surface area is 190 Å². The van der Waals surface area contributed by atoms with Crippen LogP contribution in [0.2, 0.25) is 0 Å². The summed E-state index contributed by atoms with van der Waals surface area (Å²) in [7, 11) is 0. The highest BCUT2D eigenvalue weighted by atomic mass is 19.1. The third kappa shape index (κ3) is 4.22. The van der Waals surface area contributed by atoms with Gasteiger partial charge in [0.15, 0.2) is 0 Å². The van der Waals surface area contributed by atoms with Gasteiger partial charge in [0.1, 0.15) is 23.1 Å². The van der Waals surface area contributed by atoms with E-state index in [-0.39, 0.29) is 17.0 Å². The molecule has 3 aromatic rings. The second-order valence-corrected chi connectivity index (χ2v) is 7.69. The molecule has 0 fully saturated rings. The number of carbonyl (C=O) groups excluding carboxylic acids is 2. The third-order valence-electron chi connectivity index (χ3n) is 5.33. The Kier molecular flexibility index (Phi) is 5.96. The second kappa shape index (κ2) is 8.86. The molecule has 1 aliphatic heterocycles. The Morgan fingerprint density at radius 2 is 1.64 bits per heavy atom. The fourth-order valence-corrected chi connectivity index (χ4v) is 3.77. The predicted octanol–water partition coefficient (Wildman–Crippen LogP) is 5.38. The second-order valence-electron chi connectivity index (χ2n) is 7.69. The highest BCUT2D eigenvalue weighted by Crippen LogP contribution is 2.36. The molecule has 0 atom stereocenters. The highest BCUT2D eigenvalue weighted by molar-refractivity contribution is 6.46. The molecular weight excluding hydrogens is 426 g/mol. The van der Waals surface area contributed by atoms with Gasteiger partial charge in [-0.15, -0.1) is 0 Å². The van der Waals surface area contributed by atoms with Crippen LogP contribution in [-0.4, -0.2) is 18.4 Å². The lowest BCUT2D eigenvalue weighted by Crippen LogP contribution is -2.33. The van der Waals surface area contributed by atoms with Crippen molar-refractivity contribution in [3.8, 4) is 5.75 Å². The third-order valence-corrected chi connectivity index (χ3v) is 5.33. The summed E-state index contributed by atoms with van der Waals surface area (Å²) in [4.78, 5) is 27.5. The zero-order valence-corrected chi connectivity index (χ0v) is 18.4. The Morgan fingerprint density at radius 3 is 2.27 bits per heavy atom. The number of carbonyl (C=O) groups is 2. The van der Waals surface area contributed by atoms with E-state index in [2.05, 4.69) is 5.32 Å².